The molecule has 1 N–H and O–H groups in total. The maximum absolute atomic E-state index is 12.1. The summed E-state index contributed by atoms with van der Waals surface area (Å²) in [5, 5.41) is 9.79. The van der Waals surface area contributed by atoms with Gasteiger partial charge in [0.25, 0.3) is 0 Å². The van der Waals surface area contributed by atoms with Crippen LogP contribution in [0.4, 0.5) is 11.4 Å². The Morgan fingerprint density at radius 3 is 1.36 bits per heavy atom. The van der Waals surface area contributed by atoms with Crippen LogP contribution < -0.4 is 98.5 Å². The van der Waals surface area contributed by atoms with Crippen LogP contribution in [0.5, 0.6) is 0 Å². The number of hydrogen-bond donors (Lipinski definition) is 1. The summed E-state index contributed by atoms with van der Waals surface area (Å²) in [7, 11) is -18.7. The summed E-state index contributed by atoms with van der Waals surface area (Å²) >= 11 is 0. The van der Waals surface area contributed by atoms with E-state index in [-0.39, 0.29) is 131 Å². The Balaban J connectivity index is 0.00000259. The predicted octanol–water partition coefficient (Wildman–Crippen LogP) is -1.78. The van der Waals surface area contributed by atoms with E-state index in [9.17, 15) is 57.0 Å². The normalized spacial score (nSPS) is 21.0. The average Bonchev–Trinajstić information content (AvgIpc) is 3.94. The van der Waals surface area contributed by atoms with E-state index >= 15 is 0 Å². The quantitative estimate of drug-likeness (QED) is 0.0783. The van der Waals surface area contributed by atoms with Crippen LogP contribution in [0, 0.1) is 5.92 Å². The fourth-order valence-electron chi connectivity index (χ4n) is 11.5. The molecule has 0 bridgehead atoms. The number of nitrogens with zero attached hydrogens (tertiary/aromatic N) is 3. The van der Waals surface area contributed by atoms with Crippen molar-refractivity contribution in [2.45, 2.75) is 124 Å². The minimum absolute atomic E-state index is 0. The number of aliphatic hydroxyl groups excluding tert-OH is 1. The number of aliphatic hydroxyl groups is 1. The number of fused-ring (bicyclic) bond motifs is 6. The van der Waals surface area contributed by atoms with Crippen molar-refractivity contribution >= 4 is 85.9 Å². The minimum Gasteiger partial charge on any atom is -0.748 e. The van der Waals surface area contributed by atoms with E-state index in [0.717, 1.165) is 100 Å². The van der Waals surface area contributed by atoms with Crippen LogP contribution in [0.2, 0.25) is 0 Å². The summed E-state index contributed by atoms with van der Waals surface area (Å²) in [4.78, 5) is 11.3. The van der Waals surface area contributed by atoms with Crippen LogP contribution in [0.1, 0.15) is 104 Å². The summed E-state index contributed by atoms with van der Waals surface area (Å²) < 4.78 is 147. The molecular weight excluding hydrogens is 1110 g/mol. The summed E-state index contributed by atoms with van der Waals surface area (Å²) in [6, 6.07) is 15.7. The molecule has 1 aliphatic carbocycles. The van der Waals surface area contributed by atoms with Gasteiger partial charge in [0.15, 0.2) is 0 Å². The van der Waals surface area contributed by atoms with Crippen molar-refractivity contribution in [3.8, 4) is 0 Å². The molecule has 8 rings (SSSR count). The molecule has 4 aliphatic rings. The third-order valence-electron chi connectivity index (χ3n) is 15.6. The second-order valence-electron chi connectivity index (χ2n) is 21.0. The third kappa shape index (κ3) is 14.4. The van der Waals surface area contributed by atoms with Gasteiger partial charge in [-0.15, -0.1) is 0 Å². The first kappa shape index (κ1) is 68.4. The van der Waals surface area contributed by atoms with Gasteiger partial charge in [0.1, 0.15) is 40.1 Å². The predicted molar refractivity (Wildman–Crippen MR) is 285 cm³/mol. The van der Waals surface area contributed by atoms with E-state index in [2.05, 4.69) is 16.7 Å². The van der Waals surface area contributed by atoms with Crippen LogP contribution >= 0.6 is 0 Å². The molecule has 2 atom stereocenters. The molecule has 0 spiro atoms. The Hall–Kier alpha value is -2.10. The Labute approximate surface area is 526 Å². The second kappa shape index (κ2) is 26.6. The van der Waals surface area contributed by atoms with Crippen LogP contribution in [0.25, 0.3) is 21.5 Å². The van der Waals surface area contributed by atoms with Gasteiger partial charge in [-0.25, -0.2) is 38.2 Å². The van der Waals surface area contributed by atoms with Gasteiger partial charge in [0, 0.05) is 87.8 Å². The van der Waals surface area contributed by atoms with E-state index < -0.39 is 61.8 Å². The van der Waals surface area contributed by atoms with Gasteiger partial charge in [-0.1, -0.05) is 64.1 Å². The topological polar surface area (TPSA) is 276 Å². The van der Waals surface area contributed by atoms with Crippen LogP contribution in [-0.4, -0.2) is 117 Å². The molecule has 24 heteroatoms. The van der Waals surface area contributed by atoms with E-state index in [1.54, 1.807) is 24.3 Å². The summed E-state index contributed by atoms with van der Waals surface area (Å²) in [6.07, 6.45) is 13.2. The number of allylic oxidation sites excluding steroid dienone is 8. The molecule has 1 saturated heterocycles. The first-order valence-corrected chi connectivity index (χ1v) is 30.6. The van der Waals surface area contributed by atoms with Gasteiger partial charge in [0.05, 0.1) is 30.0 Å². The molecule has 4 aromatic carbocycles. The Kier molecular flexibility index (Phi) is 23.4. The maximum Gasteiger partial charge on any atom is 1.00 e. The molecule has 2 unspecified atom stereocenters. The first-order valence-electron chi connectivity index (χ1n) is 24.9. The van der Waals surface area contributed by atoms with Gasteiger partial charge < -0.3 is 37.9 Å². The fraction of sp³-hybridized carbons (Fsp3) is 0.444. The van der Waals surface area contributed by atoms with Crippen LogP contribution in [-0.2, 0) is 56.1 Å². The molecule has 3 heterocycles. The summed E-state index contributed by atoms with van der Waals surface area (Å²) in [5.74, 6) is 0.451. The van der Waals surface area contributed by atoms with Gasteiger partial charge in [-0.2, -0.15) is 0 Å². The Morgan fingerprint density at radius 1 is 0.628 bits per heavy atom. The van der Waals surface area contributed by atoms with Crippen molar-refractivity contribution in [2.75, 3.05) is 42.6 Å². The molecule has 406 valence electrons. The smallest absolute Gasteiger partial charge is 0.748 e. The van der Waals surface area contributed by atoms with Crippen molar-refractivity contribution in [3.63, 3.8) is 0 Å². The molecule has 0 radical (unpaired) electrons. The molecule has 1 saturated carbocycles. The van der Waals surface area contributed by atoms with Crippen molar-refractivity contribution in [3.05, 3.63) is 119 Å². The minimum atomic E-state index is -4.74. The summed E-state index contributed by atoms with van der Waals surface area (Å²) in [6.45, 7) is 14.9. The molecule has 78 heavy (non-hydrogen) atoms. The Bertz CT molecular complexity index is 3340. The number of anilines is 2. The third-order valence-corrected chi connectivity index (χ3v) is 19.7. The average molecular weight is 1180 g/mol. The van der Waals surface area contributed by atoms with Crippen LogP contribution in [0.3, 0.4) is 0 Å². The number of carbonyl (C=O) groups excluding carboxylic acids is 1. The fourth-order valence-corrected chi connectivity index (χ4v) is 13.3. The van der Waals surface area contributed by atoms with E-state index in [1.165, 1.54) is 38.1 Å². The van der Waals surface area contributed by atoms with Crippen molar-refractivity contribution in [2.24, 2.45) is 5.92 Å². The standard InChI is InChI=1S/C53H65N3O13S4.CH2O.3Na/c1-34(70(58,59)60)23-29-55-45-19-11-39-32-41(72(64,65)66)15-17-43(39)49(45)52(3,4)47(55)21-13-37-9-10-38(51(37)54-27-25-36(26-28-54)8-7-31-57)14-22-48-53(5,6)50-44-18-16-42(73(67,68)69)33-40(44)12-20-46(50)56(48)30-24-35(2)71(61,62)63;1-2;;;/h11-22,32-36,57H,7-10,23-31H2,1-6H3,(H3-,58,59,60,61,62,63,64,65,66,67,68,69);1H2;;;/q;;3*+1/p-3. The van der Waals surface area contributed by atoms with Crippen molar-refractivity contribution in [1.29, 1.82) is 0 Å². The number of rotatable bonds is 15. The van der Waals surface area contributed by atoms with Gasteiger partial charge in [-0.3, -0.25) is 0 Å². The second-order valence-corrected chi connectivity index (χ2v) is 27.3. The van der Waals surface area contributed by atoms with Gasteiger partial charge >= 0.3 is 88.7 Å². The van der Waals surface area contributed by atoms with Gasteiger partial charge in [-0.05, 0) is 140 Å². The monoisotopic (exact) mass is 1180 g/mol. The molecule has 3 aliphatic heterocycles. The molecular formula is C54H64N3Na3O14S4. The van der Waals surface area contributed by atoms with E-state index in [4.69, 9.17) is 4.79 Å². The number of carbonyl (C=O) groups is 1. The zero-order chi connectivity index (χ0) is 55.2. The number of benzene rings is 4. The maximum atomic E-state index is 12.1. The van der Waals surface area contributed by atoms with Crippen molar-refractivity contribution in [1.82, 2.24) is 0 Å². The molecule has 4 aromatic rings. The summed E-state index contributed by atoms with van der Waals surface area (Å²) in [5.41, 5.74) is 6.57. The zero-order valence-electron chi connectivity index (χ0n) is 45.9. The molecule has 2 fully saturated rings. The van der Waals surface area contributed by atoms with Crippen molar-refractivity contribution < 1.29 is 155 Å². The van der Waals surface area contributed by atoms with Crippen LogP contribution in [0.15, 0.2) is 117 Å². The Morgan fingerprint density at radius 2 is 1.01 bits per heavy atom. The number of piperidine rings is 1. The SMILES string of the molecule is C=O.CC(CCN1C(=CC=C2CC/C(=C\C=C3\N(CCC(C)S(=O)(=O)[O-])c4ccc5cc(S(=O)(=O)[O-])ccc5c4C3(C)C)C2=[N+]2CCC(CCCO)CC2)C(C)(C)c2c1ccc1cc(S(=O)(=O)[O-])ccc21)S(=O)(=O)[O-].[Na+].[Na+].[Na+]. The van der Waals surface area contributed by atoms with E-state index in [1.807, 2.05) is 68.6 Å². The number of hydrogen-bond acceptors (Lipinski definition) is 16. The molecule has 0 amide bonds. The van der Waals surface area contributed by atoms with E-state index in [0.29, 0.717) is 29.5 Å². The van der Waals surface area contributed by atoms with Gasteiger partial charge in [0.2, 0.25) is 5.71 Å². The zero-order valence-corrected chi connectivity index (χ0v) is 55.2. The first-order chi connectivity index (χ1) is 35.0. The molecule has 17 nitrogen and oxygen atoms in total. The molecule has 0 aromatic heterocycles. The largest absolute Gasteiger partial charge is 1.00 e.